The number of carboxylic acids is 1. The lowest BCUT2D eigenvalue weighted by molar-refractivity contribution is -0.139. The molecule has 1 unspecified atom stereocenters. The van der Waals surface area contributed by atoms with Gasteiger partial charge in [-0.25, -0.2) is 0 Å². The van der Waals surface area contributed by atoms with Crippen molar-refractivity contribution < 1.29 is 14.7 Å². The topological polar surface area (TPSA) is 86.9 Å². The number of likely N-dealkylation sites (tertiary alicyclic amines) is 1. The van der Waals surface area contributed by atoms with Gasteiger partial charge < -0.3 is 20.6 Å². The Hall–Kier alpha value is -1.14. The number of hydrogen-bond donors (Lipinski definition) is 2. The summed E-state index contributed by atoms with van der Waals surface area (Å²) in [5.41, 5.74) is 5.38. The predicted molar refractivity (Wildman–Crippen MR) is 68.1 cm³/mol. The van der Waals surface area contributed by atoms with Crippen LogP contribution in [0.15, 0.2) is 0 Å². The van der Waals surface area contributed by atoms with Crippen molar-refractivity contribution in [3.63, 3.8) is 0 Å². The maximum Gasteiger partial charge on any atom is 0.320 e. The molecule has 1 aliphatic heterocycles. The van der Waals surface area contributed by atoms with Gasteiger partial charge in [0.2, 0.25) is 5.91 Å². The number of piperidine rings is 1. The summed E-state index contributed by atoms with van der Waals surface area (Å²) in [4.78, 5) is 26.4. The fourth-order valence-corrected chi connectivity index (χ4v) is 2.19. The molecule has 0 aromatic rings. The Morgan fingerprint density at radius 3 is 2.39 bits per heavy atom. The summed E-state index contributed by atoms with van der Waals surface area (Å²) in [5, 5.41) is 8.65. The Morgan fingerprint density at radius 1 is 1.39 bits per heavy atom. The number of carbonyl (C=O) groups is 2. The molecule has 1 atom stereocenters. The van der Waals surface area contributed by atoms with E-state index in [2.05, 4.69) is 4.90 Å². The highest BCUT2D eigenvalue weighted by atomic mass is 16.4. The zero-order chi connectivity index (χ0) is 13.7. The molecular weight excluding hydrogens is 234 g/mol. The molecule has 0 radical (unpaired) electrons. The molecule has 6 heteroatoms. The molecule has 18 heavy (non-hydrogen) atoms. The van der Waals surface area contributed by atoms with Gasteiger partial charge in [-0.3, -0.25) is 9.59 Å². The highest BCUT2D eigenvalue weighted by molar-refractivity contribution is 5.78. The van der Waals surface area contributed by atoms with Crippen molar-refractivity contribution in [2.45, 2.75) is 37.8 Å². The van der Waals surface area contributed by atoms with E-state index in [1.165, 1.54) is 0 Å². The van der Waals surface area contributed by atoms with Crippen molar-refractivity contribution in [1.29, 1.82) is 0 Å². The van der Waals surface area contributed by atoms with Gasteiger partial charge in [0.05, 0.1) is 0 Å². The third-order valence-corrected chi connectivity index (χ3v) is 3.53. The first-order chi connectivity index (χ1) is 8.41. The van der Waals surface area contributed by atoms with Gasteiger partial charge in [0.25, 0.3) is 0 Å². The lowest BCUT2D eigenvalue weighted by Crippen LogP contribution is -2.44. The van der Waals surface area contributed by atoms with Crippen molar-refractivity contribution in [3.05, 3.63) is 0 Å². The van der Waals surface area contributed by atoms with Gasteiger partial charge >= 0.3 is 5.97 Å². The molecule has 1 rings (SSSR count). The first kappa shape index (κ1) is 14.9. The number of carbonyl (C=O) groups excluding carboxylic acids is 1. The van der Waals surface area contributed by atoms with Crippen LogP contribution in [0.4, 0.5) is 0 Å². The number of carboxylic acid groups (broad SMARTS) is 1. The van der Waals surface area contributed by atoms with E-state index in [0.29, 0.717) is 6.04 Å². The van der Waals surface area contributed by atoms with Crippen molar-refractivity contribution in [1.82, 2.24) is 9.80 Å². The molecule has 1 heterocycles. The van der Waals surface area contributed by atoms with E-state index in [9.17, 15) is 9.59 Å². The number of nitrogens with zero attached hydrogens (tertiary/aromatic N) is 2. The number of aliphatic carboxylic acids is 1. The van der Waals surface area contributed by atoms with E-state index in [1.807, 2.05) is 19.0 Å². The zero-order valence-corrected chi connectivity index (χ0v) is 11.1. The molecule has 0 aromatic carbocycles. The van der Waals surface area contributed by atoms with Crippen LogP contribution in [0.5, 0.6) is 0 Å². The maximum absolute atomic E-state index is 11.9. The first-order valence-corrected chi connectivity index (χ1v) is 6.34. The molecule has 0 aliphatic carbocycles. The van der Waals surface area contributed by atoms with Gasteiger partial charge in [0, 0.05) is 25.6 Å². The fourth-order valence-electron chi connectivity index (χ4n) is 2.19. The smallest absolute Gasteiger partial charge is 0.320 e. The van der Waals surface area contributed by atoms with Crippen LogP contribution in [0.2, 0.25) is 0 Å². The standard InChI is InChI=1S/C12H23N3O3/c1-14(2)9-5-7-15(8-6-9)11(16)4-3-10(13)12(17)18/h9-10H,3-8,13H2,1-2H3,(H,17,18). The lowest BCUT2D eigenvalue weighted by atomic mass is 10.0. The molecule has 104 valence electrons. The predicted octanol–water partition coefficient (Wildman–Crippen LogP) is -0.269. The molecule has 1 saturated heterocycles. The molecule has 1 fully saturated rings. The van der Waals surface area contributed by atoms with Crippen molar-refractivity contribution >= 4 is 11.9 Å². The summed E-state index contributed by atoms with van der Waals surface area (Å²) in [6, 6.07) is -0.399. The second kappa shape index (κ2) is 6.70. The Kier molecular flexibility index (Phi) is 5.55. The summed E-state index contributed by atoms with van der Waals surface area (Å²) in [6.07, 6.45) is 2.38. The third kappa shape index (κ3) is 4.27. The number of nitrogens with two attached hydrogens (primary N) is 1. The Bertz CT molecular complexity index is 299. The Balaban J connectivity index is 2.30. The van der Waals surface area contributed by atoms with Crippen LogP contribution < -0.4 is 5.73 Å². The molecule has 0 spiro atoms. The number of rotatable bonds is 5. The van der Waals surface area contributed by atoms with E-state index < -0.39 is 12.0 Å². The summed E-state index contributed by atoms with van der Waals surface area (Å²) in [7, 11) is 4.10. The van der Waals surface area contributed by atoms with Crippen LogP contribution in [0.1, 0.15) is 25.7 Å². The minimum atomic E-state index is -1.05. The third-order valence-electron chi connectivity index (χ3n) is 3.53. The van der Waals surface area contributed by atoms with Crippen LogP contribution in [-0.4, -0.2) is 66.1 Å². The monoisotopic (exact) mass is 257 g/mol. The largest absolute Gasteiger partial charge is 0.480 e. The normalized spacial score (nSPS) is 19.0. The average Bonchev–Trinajstić information content (AvgIpc) is 2.35. The second-order valence-corrected chi connectivity index (χ2v) is 5.06. The summed E-state index contributed by atoms with van der Waals surface area (Å²) >= 11 is 0. The molecular formula is C12H23N3O3. The number of hydrogen-bond acceptors (Lipinski definition) is 4. The van der Waals surface area contributed by atoms with Crippen LogP contribution in [-0.2, 0) is 9.59 Å². The van der Waals surface area contributed by atoms with E-state index in [-0.39, 0.29) is 18.7 Å². The zero-order valence-electron chi connectivity index (χ0n) is 11.1. The summed E-state index contributed by atoms with van der Waals surface area (Å²) < 4.78 is 0. The summed E-state index contributed by atoms with van der Waals surface area (Å²) in [6.45, 7) is 1.51. The first-order valence-electron chi connectivity index (χ1n) is 6.34. The highest BCUT2D eigenvalue weighted by Gasteiger charge is 2.24. The van der Waals surface area contributed by atoms with Gasteiger partial charge in [-0.15, -0.1) is 0 Å². The maximum atomic E-state index is 11.9. The van der Waals surface area contributed by atoms with Gasteiger partial charge in [-0.05, 0) is 33.4 Å². The van der Waals surface area contributed by atoms with Crippen molar-refractivity contribution in [3.8, 4) is 0 Å². The van der Waals surface area contributed by atoms with Crippen LogP contribution in [0.3, 0.4) is 0 Å². The van der Waals surface area contributed by atoms with Gasteiger partial charge in [-0.1, -0.05) is 0 Å². The van der Waals surface area contributed by atoms with Crippen LogP contribution in [0.25, 0.3) is 0 Å². The van der Waals surface area contributed by atoms with E-state index in [1.54, 1.807) is 0 Å². The van der Waals surface area contributed by atoms with Crippen LogP contribution in [0, 0.1) is 0 Å². The minimum absolute atomic E-state index is 0.0175. The van der Waals surface area contributed by atoms with Gasteiger partial charge in [0.1, 0.15) is 6.04 Å². The Morgan fingerprint density at radius 2 is 1.94 bits per heavy atom. The lowest BCUT2D eigenvalue weighted by Gasteiger charge is -2.35. The SMILES string of the molecule is CN(C)C1CCN(C(=O)CCC(N)C(=O)O)CC1. The number of amides is 1. The summed E-state index contributed by atoms with van der Waals surface area (Å²) in [5.74, 6) is -1.03. The van der Waals surface area contributed by atoms with Crippen LogP contribution >= 0.6 is 0 Å². The molecule has 6 nitrogen and oxygen atoms in total. The molecule has 3 N–H and O–H groups in total. The van der Waals surface area contributed by atoms with E-state index in [0.717, 1.165) is 25.9 Å². The van der Waals surface area contributed by atoms with Crippen molar-refractivity contribution in [2.75, 3.05) is 27.2 Å². The molecule has 1 amide bonds. The second-order valence-electron chi connectivity index (χ2n) is 5.06. The quantitative estimate of drug-likeness (QED) is 0.708. The van der Waals surface area contributed by atoms with E-state index in [4.69, 9.17) is 10.8 Å². The molecule has 0 saturated carbocycles. The average molecular weight is 257 g/mol. The molecule has 1 aliphatic rings. The van der Waals surface area contributed by atoms with E-state index >= 15 is 0 Å². The van der Waals surface area contributed by atoms with Crippen molar-refractivity contribution in [2.24, 2.45) is 5.73 Å². The molecule has 0 bridgehead atoms. The molecule has 0 aromatic heterocycles. The Labute approximate surface area is 108 Å². The van der Waals surface area contributed by atoms with Gasteiger partial charge in [0.15, 0.2) is 0 Å². The van der Waals surface area contributed by atoms with Gasteiger partial charge in [-0.2, -0.15) is 0 Å². The highest BCUT2D eigenvalue weighted by Crippen LogP contribution is 2.15. The minimum Gasteiger partial charge on any atom is -0.480 e. The fraction of sp³-hybridized carbons (Fsp3) is 0.833.